The molecule has 1 aliphatic rings. The monoisotopic (exact) mass is 260 g/mol. The van der Waals surface area contributed by atoms with Crippen LogP contribution in [0.2, 0.25) is 0 Å². The van der Waals surface area contributed by atoms with Crippen molar-refractivity contribution in [2.24, 2.45) is 0 Å². The Morgan fingerprint density at radius 2 is 2.00 bits per heavy atom. The van der Waals surface area contributed by atoms with Gasteiger partial charge in [0, 0.05) is 37.8 Å². The third-order valence-corrected chi connectivity index (χ3v) is 3.14. The van der Waals surface area contributed by atoms with E-state index in [0.29, 0.717) is 5.56 Å². The summed E-state index contributed by atoms with van der Waals surface area (Å²) in [5, 5.41) is 13.0. The SMILES string of the molecule is C[C@@H](c1cc(F)ccc1O)N1CCNCC1.Cl. The Labute approximate surface area is 107 Å². The fourth-order valence-corrected chi connectivity index (χ4v) is 2.13. The zero-order valence-electron chi connectivity index (χ0n) is 9.82. The van der Waals surface area contributed by atoms with Crippen LogP contribution in [0.1, 0.15) is 18.5 Å². The van der Waals surface area contributed by atoms with Crippen LogP contribution in [0, 0.1) is 5.82 Å². The highest BCUT2D eigenvalue weighted by atomic mass is 35.5. The molecule has 5 heteroatoms. The van der Waals surface area contributed by atoms with Crippen LogP contribution in [-0.2, 0) is 0 Å². The number of piperazine rings is 1. The Kier molecular flexibility index (Phi) is 5.18. The number of nitrogens with one attached hydrogen (secondary N) is 1. The summed E-state index contributed by atoms with van der Waals surface area (Å²) in [4.78, 5) is 2.24. The molecule has 2 rings (SSSR count). The number of aromatic hydroxyl groups is 1. The van der Waals surface area contributed by atoms with Crippen LogP contribution >= 0.6 is 12.4 Å². The Morgan fingerprint density at radius 1 is 1.35 bits per heavy atom. The van der Waals surface area contributed by atoms with Crippen molar-refractivity contribution in [3.63, 3.8) is 0 Å². The third kappa shape index (κ3) is 3.31. The standard InChI is InChI=1S/C12H17FN2O.ClH/c1-9(15-6-4-14-5-7-15)11-8-10(13)2-3-12(11)16;/h2-3,8-9,14,16H,4-7H2,1H3;1H/t9-;/m0./s1. The number of phenols is 1. The summed E-state index contributed by atoms with van der Waals surface area (Å²) in [5.74, 6) is -0.123. The molecule has 17 heavy (non-hydrogen) atoms. The maximum absolute atomic E-state index is 13.1. The van der Waals surface area contributed by atoms with E-state index < -0.39 is 0 Å². The van der Waals surface area contributed by atoms with Crippen LogP contribution in [0.4, 0.5) is 4.39 Å². The summed E-state index contributed by atoms with van der Waals surface area (Å²) in [6, 6.07) is 4.17. The first kappa shape index (κ1) is 14.2. The van der Waals surface area contributed by atoms with Gasteiger partial charge < -0.3 is 10.4 Å². The van der Waals surface area contributed by atoms with E-state index in [1.807, 2.05) is 6.92 Å². The minimum absolute atomic E-state index is 0. The number of nitrogens with zero attached hydrogens (tertiary/aromatic N) is 1. The van der Waals surface area contributed by atoms with Gasteiger partial charge in [0.2, 0.25) is 0 Å². The molecule has 0 aliphatic carbocycles. The van der Waals surface area contributed by atoms with E-state index in [4.69, 9.17) is 0 Å². The molecule has 1 aliphatic heterocycles. The molecule has 0 saturated carbocycles. The van der Waals surface area contributed by atoms with Gasteiger partial charge in [0.25, 0.3) is 0 Å². The molecule has 1 aromatic carbocycles. The fourth-order valence-electron chi connectivity index (χ4n) is 2.13. The van der Waals surface area contributed by atoms with Crippen LogP contribution in [0.3, 0.4) is 0 Å². The predicted molar refractivity (Wildman–Crippen MR) is 68.2 cm³/mol. The second-order valence-electron chi connectivity index (χ2n) is 4.17. The molecule has 0 unspecified atom stereocenters. The van der Waals surface area contributed by atoms with Gasteiger partial charge in [-0.25, -0.2) is 4.39 Å². The summed E-state index contributed by atoms with van der Waals surface area (Å²) >= 11 is 0. The minimum atomic E-state index is -0.296. The number of benzene rings is 1. The fraction of sp³-hybridized carbons (Fsp3) is 0.500. The summed E-state index contributed by atoms with van der Waals surface area (Å²) in [6.07, 6.45) is 0. The lowest BCUT2D eigenvalue weighted by Gasteiger charge is -2.33. The Balaban J connectivity index is 0.00000144. The highest BCUT2D eigenvalue weighted by Gasteiger charge is 2.20. The van der Waals surface area contributed by atoms with E-state index in [0.717, 1.165) is 26.2 Å². The maximum atomic E-state index is 13.1. The van der Waals surface area contributed by atoms with E-state index in [1.165, 1.54) is 18.2 Å². The van der Waals surface area contributed by atoms with E-state index in [-0.39, 0.29) is 30.0 Å². The summed E-state index contributed by atoms with van der Waals surface area (Å²) in [7, 11) is 0. The van der Waals surface area contributed by atoms with Crippen molar-refractivity contribution >= 4 is 12.4 Å². The lowest BCUT2D eigenvalue weighted by Crippen LogP contribution is -2.44. The molecule has 0 radical (unpaired) electrons. The highest BCUT2D eigenvalue weighted by molar-refractivity contribution is 5.85. The van der Waals surface area contributed by atoms with Crippen molar-refractivity contribution in [1.29, 1.82) is 0 Å². The van der Waals surface area contributed by atoms with Crippen LogP contribution < -0.4 is 5.32 Å². The van der Waals surface area contributed by atoms with Gasteiger partial charge in [-0.3, -0.25) is 4.90 Å². The zero-order chi connectivity index (χ0) is 11.5. The van der Waals surface area contributed by atoms with E-state index in [1.54, 1.807) is 0 Å². The van der Waals surface area contributed by atoms with Gasteiger partial charge in [-0.2, -0.15) is 0 Å². The first-order chi connectivity index (χ1) is 7.68. The van der Waals surface area contributed by atoms with Crippen LogP contribution in [-0.4, -0.2) is 36.2 Å². The molecule has 96 valence electrons. The van der Waals surface area contributed by atoms with Crippen molar-refractivity contribution in [3.8, 4) is 5.75 Å². The Morgan fingerprint density at radius 3 is 2.65 bits per heavy atom. The van der Waals surface area contributed by atoms with Crippen molar-refractivity contribution in [2.45, 2.75) is 13.0 Å². The first-order valence-electron chi connectivity index (χ1n) is 5.61. The molecule has 1 heterocycles. The zero-order valence-corrected chi connectivity index (χ0v) is 10.6. The number of halogens is 2. The first-order valence-corrected chi connectivity index (χ1v) is 5.61. The quantitative estimate of drug-likeness (QED) is 0.853. The maximum Gasteiger partial charge on any atom is 0.123 e. The second kappa shape index (κ2) is 6.19. The Bertz CT molecular complexity index is 370. The summed E-state index contributed by atoms with van der Waals surface area (Å²) < 4.78 is 13.1. The molecular weight excluding hydrogens is 243 g/mol. The minimum Gasteiger partial charge on any atom is -0.508 e. The van der Waals surface area contributed by atoms with Crippen molar-refractivity contribution in [2.75, 3.05) is 26.2 Å². The average Bonchev–Trinajstić information content (AvgIpc) is 2.32. The number of hydrogen-bond acceptors (Lipinski definition) is 3. The van der Waals surface area contributed by atoms with Crippen molar-refractivity contribution < 1.29 is 9.50 Å². The lowest BCUT2D eigenvalue weighted by molar-refractivity contribution is 0.182. The van der Waals surface area contributed by atoms with E-state index in [2.05, 4.69) is 10.2 Å². The molecule has 1 saturated heterocycles. The molecule has 1 atom stereocenters. The van der Waals surface area contributed by atoms with Crippen LogP contribution in [0.5, 0.6) is 5.75 Å². The molecule has 0 aromatic heterocycles. The molecule has 0 amide bonds. The normalized spacial score (nSPS) is 18.5. The van der Waals surface area contributed by atoms with E-state index in [9.17, 15) is 9.50 Å². The van der Waals surface area contributed by atoms with Gasteiger partial charge in [-0.05, 0) is 25.1 Å². The van der Waals surface area contributed by atoms with Gasteiger partial charge in [0.1, 0.15) is 11.6 Å². The molecule has 0 spiro atoms. The third-order valence-electron chi connectivity index (χ3n) is 3.14. The molecule has 0 bridgehead atoms. The van der Waals surface area contributed by atoms with Gasteiger partial charge in [0.05, 0.1) is 0 Å². The van der Waals surface area contributed by atoms with Gasteiger partial charge in [-0.15, -0.1) is 12.4 Å². The molecule has 1 fully saturated rings. The summed E-state index contributed by atoms with van der Waals surface area (Å²) in [6.45, 7) is 5.74. The topological polar surface area (TPSA) is 35.5 Å². The molecule has 1 aromatic rings. The largest absolute Gasteiger partial charge is 0.508 e. The van der Waals surface area contributed by atoms with Gasteiger partial charge in [0.15, 0.2) is 0 Å². The number of hydrogen-bond donors (Lipinski definition) is 2. The van der Waals surface area contributed by atoms with Gasteiger partial charge in [-0.1, -0.05) is 0 Å². The van der Waals surface area contributed by atoms with Gasteiger partial charge >= 0.3 is 0 Å². The van der Waals surface area contributed by atoms with Crippen molar-refractivity contribution in [3.05, 3.63) is 29.6 Å². The average molecular weight is 261 g/mol. The summed E-state index contributed by atoms with van der Waals surface area (Å²) in [5.41, 5.74) is 0.668. The Hall–Kier alpha value is -0.840. The van der Waals surface area contributed by atoms with Crippen LogP contribution in [0.25, 0.3) is 0 Å². The predicted octanol–water partition coefficient (Wildman–Crippen LogP) is 1.92. The molecule has 3 nitrogen and oxygen atoms in total. The van der Waals surface area contributed by atoms with Crippen molar-refractivity contribution in [1.82, 2.24) is 10.2 Å². The van der Waals surface area contributed by atoms with E-state index >= 15 is 0 Å². The highest BCUT2D eigenvalue weighted by Crippen LogP contribution is 2.28. The van der Waals surface area contributed by atoms with Crippen LogP contribution in [0.15, 0.2) is 18.2 Å². The number of rotatable bonds is 2. The second-order valence-corrected chi connectivity index (χ2v) is 4.17. The smallest absolute Gasteiger partial charge is 0.123 e. The number of phenolic OH excluding ortho intramolecular Hbond substituents is 1. The molecule has 2 N–H and O–H groups in total. The lowest BCUT2D eigenvalue weighted by atomic mass is 10.0. The molecular formula is C12H18ClFN2O.